The molecule has 2 aromatic rings. The summed E-state index contributed by atoms with van der Waals surface area (Å²) in [6, 6.07) is 7.72. The number of aromatic carboxylic acids is 4. The van der Waals surface area contributed by atoms with Gasteiger partial charge in [-0.25, -0.2) is 19.2 Å². The predicted molar refractivity (Wildman–Crippen MR) is 113 cm³/mol. The molecule has 0 spiro atoms. The normalized spacial score (nSPS) is 8.80. The van der Waals surface area contributed by atoms with Crippen molar-refractivity contribution in [3.8, 4) is 0 Å². The molecule has 13 heteroatoms. The van der Waals surface area contributed by atoms with Crippen molar-refractivity contribution < 1.29 is 44.4 Å². The molecule has 0 aliphatic rings. The van der Waals surface area contributed by atoms with E-state index in [1.165, 1.54) is 24.3 Å². The summed E-state index contributed by atoms with van der Waals surface area (Å²) in [5.41, 5.74) is -5.33. The first-order chi connectivity index (χ1) is 12.2. The van der Waals surface area contributed by atoms with Crippen molar-refractivity contribution in [3.63, 3.8) is 0 Å². The van der Waals surface area contributed by atoms with Gasteiger partial charge in [0.15, 0.2) is 5.78 Å². The summed E-state index contributed by atoms with van der Waals surface area (Å²) < 4.78 is 0. The Labute approximate surface area is 193 Å². The summed E-state index contributed by atoms with van der Waals surface area (Å²) in [6.45, 7) is 0. The topological polar surface area (TPSA) is 166 Å². The number of carbonyl (C=O) groups is 5. The number of hydrogen-bond donors (Lipinski definition) is 4. The first-order valence-corrected chi connectivity index (χ1v) is 6.90. The molecule has 0 fully saturated rings. The molecule has 0 bridgehead atoms. The minimum absolute atomic E-state index is 0. The average Bonchev–Trinajstić information content (AvgIpc) is 2.59. The van der Waals surface area contributed by atoms with Gasteiger partial charge in [0.05, 0.1) is 22.3 Å². The van der Waals surface area contributed by atoms with Crippen LogP contribution >= 0.6 is 49.6 Å². The summed E-state index contributed by atoms with van der Waals surface area (Å²) in [7, 11) is 0. The SMILES string of the molecule is Cl.Cl.Cl.Cl.O=C(O)c1cc(C(=O)c2ccccc2)c(C(=O)O)c(C(=O)O)c1C(=O)O. The van der Waals surface area contributed by atoms with Crippen LogP contribution in [0.15, 0.2) is 36.4 Å². The zero-order valence-corrected chi connectivity index (χ0v) is 17.7. The minimum Gasteiger partial charge on any atom is -0.478 e. The molecular formula is C17H14Cl4O9. The van der Waals surface area contributed by atoms with Crippen LogP contribution in [0, 0.1) is 0 Å². The molecule has 0 heterocycles. The number of carboxylic acids is 4. The van der Waals surface area contributed by atoms with Gasteiger partial charge in [-0.2, -0.15) is 0 Å². The fraction of sp³-hybridized carbons (Fsp3) is 0. The maximum absolute atomic E-state index is 12.6. The molecule has 30 heavy (non-hydrogen) atoms. The Balaban J connectivity index is -0.00000182. The lowest BCUT2D eigenvalue weighted by Gasteiger charge is -2.14. The summed E-state index contributed by atoms with van der Waals surface area (Å²) in [6.07, 6.45) is 0. The third-order valence-electron chi connectivity index (χ3n) is 3.48. The molecule has 9 nitrogen and oxygen atoms in total. The molecule has 0 amide bonds. The Bertz CT molecular complexity index is 975. The average molecular weight is 504 g/mol. The van der Waals surface area contributed by atoms with Crippen molar-refractivity contribution >= 4 is 79.3 Å². The minimum atomic E-state index is -1.98. The number of ketones is 1. The predicted octanol–water partition coefficient (Wildman–Crippen LogP) is 3.40. The van der Waals surface area contributed by atoms with E-state index in [1.807, 2.05) is 0 Å². The molecule has 0 aliphatic carbocycles. The second-order valence-electron chi connectivity index (χ2n) is 5.01. The fourth-order valence-electron chi connectivity index (χ4n) is 2.43. The first-order valence-electron chi connectivity index (χ1n) is 6.90. The highest BCUT2D eigenvalue weighted by atomic mass is 35.5. The summed E-state index contributed by atoms with van der Waals surface area (Å²) >= 11 is 0. The molecule has 0 atom stereocenters. The lowest BCUT2D eigenvalue weighted by Crippen LogP contribution is -2.23. The van der Waals surface area contributed by atoms with Crippen molar-refractivity contribution in [3.05, 3.63) is 69.8 Å². The second-order valence-corrected chi connectivity index (χ2v) is 5.01. The largest absolute Gasteiger partial charge is 0.478 e. The number of carbonyl (C=O) groups excluding carboxylic acids is 1. The Morgan fingerprint density at radius 1 is 0.533 bits per heavy atom. The Hall–Kier alpha value is -2.85. The highest BCUT2D eigenvalue weighted by Crippen LogP contribution is 2.27. The van der Waals surface area contributed by atoms with E-state index in [4.69, 9.17) is 0 Å². The zero-order valence-electron chi connectivity index (χ0n) is 14.4. The van der Waals surface area contributed by atoms with Crippen molar-refractivity contribution in [2.45, 2.75) is 0 Å². The van der Waals surface area contributed by atoms with Gasteiger partial charge in [-0.15, -0.1) is 49.6 Å². The van der Waals surface area contributed by atoms with Gasteiger partial charge in [0.1, 0.15) is 0 Å². The molecule has 0 saturated heterocycles. The van der Waals surface area contributed by atoms with Crippen molar-refractivity contribution in [2.24, 2.45) is 0 Å². The van der Waals surface area contributed by atoms with E-state index in [-0.39, 0.29) is 55.2 Å². The summed E-state index contributed by atoms with van der Waals surface area (Å²) in [4.78, 5) is 58.4. The molecule has 0 aliphatic heterocycles. The number of carboxylic acid groups (broad SMARTS) is 4. The van der Waals surface area contributed by atoms with Crippen molar-refractivity contribution in [2.75, 3.05) is 0 Å². The first kappa shape index (κ1) is 31.8. The van der Waals surface area contributed by atoms with Gasteiger partial charge in [0, 0.05) is 11.1 Å². The molecule has 4 N–H and O–H groups in total. The quantitative estimate of drug-likeness (QED) is 0.432. The van der Waals surface area contributed by atoms with Crippen LogP contribution in [-0.4, -0.2) is 50.1 Å². The standard InChI is InChI=1S/C17H10O9.4ClH/c18-13(7-4-2-1-3-5-7)8-6-9(14(19)20)11(16(23)24)12(17(25)26)10(8)15(21)22;;;;/h1-6H,(H,19,20)(H,21,22)(H,23,24)(H,25,26);4*1H. The van der Waals surface area contributed by atoms with Crippen LogP contribution in [0.1, 0.15) is 57.4 Å². The molecule has 0 unspecified atom stereocenters. The van der Waals surface area contributed by atoms with Crippen LogP contribution in [0.2, 0.25) is 0 Å². The van der Waals surface area contributed by atoms with E-state index in [2.05, 4.69) is 0 Å². The van der Waals surface area contributed by atoms with Crippen LogP contribution in [0.25, 0.3) is 0 Å². The zero-order chi connectivity index (χ0) is 19.6. The van der Waals surface area contributed by atoms with Gasteiger partial charge < -0.3 is 20.4 Å². The van der Waals surface area contributed by atoms with Crippen LogP contribution in [0.3, 0.4) is 0 Å². The monoisotopic (exact) mass is 502 g/mol. The van der Waals surface area contributed by atoms with Crippen LogP contribution < -0.4 is 0 Å². The van der Waals surface area contributed by atoms with Gasteiger partial charge in [0.2, 0.25) is 0 Å². The second kappa shape index (κ2) is 12.7. The smallest absolute Gasteiger partial charge is 0.337 e. The Morgan fingerprint density at radius 3 is 1.30 bits per heavy atom. The van der Waals surface area contributed by atoms with E-state index in [9.17, 15) is 44.4 Å². The molecule has 2 rings (SSSR count). The van der Waals surface area contributed by atoms with Crippen LogP contribution in [0.4, 0.5) is 0 Å². The van der Waals surface area contributed by atoms with E-state index in [0.29, 0.717) is 6.07 Å². The number of halogens is 4. The Morgan fingerprint density at radius 2 is 0.933 bits per heavy atom. The number of hydrogen-bond acceptors (Lipinski definition) is 5. The van der Waals surface area contributed by atoms with Gasteiger partial charge in [-0.05, 0) is 6.07 Å². The highest BCUT2D eigenvalue weighted by Gasteiger charge is 2.34. The lowest BCUT2D eigenvalue weighted by atomic mass is 9.88. The third-order valence-corrected chi connectivity index (χ3v) is 3.48. The summed E-state index contributed by atoms with van der Waals surface area (Å²) in [5, 5.41) is 37.1. The van der Waals surface area contributed by atoms with E-state index in [0.717, 1.165) is 0 Å². The van der Waals surface area contributed by atoms with Crippen molar-refractivity contribution in [1.29, 1.82) is 0 Å². The van der Waals surface area contributed by atoms with Crippen LogP contribution in [0.5, 0.6) is 0 Å². The molecule has 0 radical (unpaired) electrons. The van der Waals surface area contributed by atoms with E-state index >= 15 is 0 Å². The molecular weight excluding hydrogens is 490 g/mol. The molecule has 0 saturated carbocycles. The van der Waals surface area contributed by atoms with Gasteiger partial charge in [-0.3, -0.25) is 4.79 Å². The third kappa shape index (κ3) is 6.07. The van der Waals surface area contributed by atoms with Crippen molar-refractivity contribution in [1.82, 2.24) is 0 Å². The van der Waals surface area contributed by atoms with Crippen LogP contribution in [-0.2, 0) is 0 Å². The lowest BCUT2D eigenvalue weighted by molar-refractivity contribution is 0.0618. The van der Waals surface area contributed by atoms with Gasteiger partial charge in [0.25, 0.3) is 0 Å². The maximum Gasteiger partial charge on any atom is 0.337 e. The number of benzene rings is 2. The fourth-order valence-corrected chi connectivity index (χ4v) is 2.43. The number of rotatable bonds is 6. The van der Waals surface area contributed by atoms with Gasteiger partial charge >= 0.3 is 23.9 Å². The van der Waals surface area contributed by atoms with E-state index in [1.54, 1.807) is 6.07 Å². The highest BCUT2D eigenvalue weighted by molar-refractivity contribution is 6.21. The van der Waals surface area contributed by atoms with Gasteiger partial charge in [-0.1, -0.05) is 30.3 Å². The molecule has 0 aromatic heterocycles. The molecule has 2 aromatic carbocycles. The Kier molecular flexibility index (Phi) is 13.4. The van der Waals surface area contributed by atoms with E-state index < -0.39 is 57.5 Å². The summed E-state index contributed by atoms with van der Waals surface area (Å²) in [5.74, 6) is -8.57. The maximum atomic E-state index is 12.6. The molecule has 164 valence electrons.